The van der Waals surface area contributed by atoms with E-state index in [-0.39, 0.29) is 23.8 Å². The fourth-order valence-corrected chi connectivity index (χ4v) is 1.71. The molecule has 0 atom stereocenters. The number of hydrogen-bond donors (Lipinski definition) is 2. The zero-order valence-electron chi connectivity index (χ0n) is 10.3. The van der Waals surface area contributed by atoms with Gasteiger partial charge in [0, 0.05) is 17.3 Å². The predicted molar refractivity (Wildman–Crippen MR) is 68.3 cm³/mol. The smallest absolute Gasteiger partial charge is 0.416 e. The minimum atomic E-state index is -4.50. The molecule has 2 aromatic rings. The Morgan fingerprint density at radius 3 is 2.45 bits per heavy atom. The van der Waals surface area contributed by atoms with Crippen LogP contribution in [0.5, 0.6) is 11.5 Å². The van der Waals surface area contributed by atoms with E-state index in [9.17, 15) is 13.2 Å². The topological polar surface area (TPSA) is 55.5 Å². The maximum Gasteiger partial charge on any atom is 0.416 e. The SMILES string of the molecule is Nc1cc(Oc2ccccc2CO)cc(C(F)(F)F)c1. The summed E-state index contributed by atoms with van der Waals surface area (Å²) in [7, 11) is 0. The summed E-state index contributed by atoms with van der Waals surface area (Å²) in [6, 6.07) is 9.53. The second kappa shape index (κ2) is 5.42. The second-order valence-corrected chi connectivity index (χ2v) is 4.16. The van der Waals surface area contributed by atoms with E-state index in [1.54, 1.807) is 24.3 Å². The number of nitrogen functional groups attached to an aromatic ring is 1. The molecule has 0 heterocycles. The molecule has 0 saturated heterocycles. The van der Waals surface area contributed by atoms with Gasteiger partial charge in [-0.2, -0.15) is 13.2 Å². The number of aliphatic hydroxyl groups excluding tert-OH is 1. The van der Waals surface area contributed by atoms with E-state index in [0.29, 0.717) is 5.56 Å². The number of hydrogen-bond acceptors (Lipinski definition) is 3. The van der Waals surface area contributed by atoms with Crippen molar-refractivity contribution in [3.8, 4) is 11.5 Å². The number of rotatable bonds is 3. The predicted octanol–water partition coefficient (Wildman–Crippen LogP) is 3.57. The van der Waals surface area contributed by atoms with Crippen molar-refractivity contribution in [2.24, 2.45) is 0 Å². The number of nitrogens with two attached hydrogens (primary N) is 1. The molecule has 2 rings (SSSR count). The van der Waals surface area contributed by atoms with Gasteiger partial charge in [-0.1, -0.05) is 18.2 Å². The van der Waals surface area contributed by atoms with Gasteiger partial charge < -0.3 is 15.6 Å². The van der Waals surface area contributed by atoms with Crippen LogP contribution in [0.4, 0.5) is 18.9 Å². The molecule has 2 aromatic carbocycles. The van der Waals surface area contributed by atoms with Crippen LogP contribution in [-0.2, 0) is 12.8 Å². The maximum atomic E-state index is 12.7. The number of ether oxygens (including phenoxy) is 1. The average Bonchev–Trinajstić information content (AvgIpc) is 2.37. The fourth-order valence-electron chi connectivity index (χ4n) is 1.71. The molecule has 0 spiro atoms. The summed E-state index contributed by atoms with van der Waals surface area (Å²) in [6.45, 7) is -0.273. The van der Waals surface area contributed by atoms with Gasteiger partial charge in [-0.05, 0) is 18.2 Å². The van der Waals surface area contributed by atoms with Crippen LogP contribution in [0.2, 0.25) is 0 Å². The van der Waals surface area contributed by atoms with Crippen LogP contribution in [-0.4, -0.2) is 5.11 Å². The quantitative estimate of drug-likeness (QED) is 0.847. The maximum absolute atomic E-state index is 12.7. The molecule has 0 aliphatic heterocycles. The standard InChI is InChI=1S/C14H12F3NO2/c15-14(16,17)10-5-11(18)7-12(6-10)20-13-4-2-1-3-9(13)8-19/h1-7,19H,8,18H2. The Labute approximate surface area is 113 Å². The summed E-state index contributed by atoms with van der Waals surface area (Å²) in [5, 5.41) is 9.15. The Balaban J connectivity index is 2.36. The molecule has 0 aliphatic rings. The van der Waals surface area contributed by atoms with Crippen molar-refractivity contribution in [3.05, 3.63) is 53.6 Å². The van der Waals surface area contributed by atoms with Crippen molar-refractivity contribution in [3.63, 3.8) is 0 Å². The molecule has 6 heteroatoms. The van der Waals surface area contributed by atoms with Crippen molar-refractivity contribution in [1.82, 2.24) is 0 Å². The third-order valence-corrected chi connectivity index (χ3v) is 2.63. The molecule has 0 radical (unpaired) electrons. The van der Waals surface area contributed by atoms with Crippen LogP contribution in [0.1, 0.15) is 11.1 Å². The monoisotopic (exact) mass is 283 g/mol. The van der Waals surface area contributed by atoms with Crippen molar-refractivity contribution in [2.75, 3.05) is 5.73 Å². The lowest BCUT2D eigenvalue weighted by Gasteiger charge is -2.13. The molecule has 0 amide bonds. The zero-order valence-corrected chi connectivity index (χ0v) is 10.3. The number of anilines is 1. The van der Waals surface area contributed by atoms with Crippen molar-refractivity contribution >= 4 is 5.69 Å². The van der Waals surface area contributed by atoms with Gasteiger partial charge in [0.25, 0.3) is 0 Å². The summed E-state index contributed by atoms with van der Waals surface area (Å²) in [5.41, 5.74) is 5.00. The van der Waals surface area contributed by atoms with Gasteiger partial charge in [-0.3, -0.25) is 0 Å². The van der Waals surface area contributed by atoms with E-state index in [1.807, 2.05) is 0 Å². The highest BCUT2D eigenvalue weighted by atomic mass is 19.4. The molecular weight excluding hydrogens is 271 g/mol. The first-order chi connectivity index (χ1) is 9.40. The number of benzene rings is 2. The normalized spacial score (nSPS) is 11.4. The molecule has 0 bridgehead atoms. The van der Waals surface area contributed by atoms with Crippen LogP contribution in [0.15, 0.2) is 42.5 Å². The number of para-hydroxylation sites is 1. The largest absolute Gasteiger partial charge is 0.457 e. The summed E-state index contributed by atoms with van der Waals surface area (Å²) >= 11 is 0. The van der Waals surface area contributed by atoms with Gasteiger partial charge in [0.2, 0.25) is 0 Å². The van der Waals surface area contributed by atoms with Crippen molar-refractivity contribution in [2.45, 2.75) is 12.8 Å². The van der Waals surface area contributed by atoms with Gasteiger partial charge in [0.05, 0.1) is 12.2 Å². The highest BCUT2D eigenvalue weighted by molar-refractivity contribution is 5.50. The van der Waals surface area contributed by atoms with Gasteiger partial charge in [-0.15, -0.1) is 0 Å². The molecule has 0 fully saturated rings. The van der Waals surface area contributed by atoms with Gasteiger partial charge in [0.1, 0.15) is 11.5 Å². The van der Waals surface area contributed by atoms with Gasteiger partial charge >= 0.3 is 6.18 Å². The van der Waals surface area contributed by atoms with Crippen LogP contribution < -0.4 is 10.5 Å². The van der Waals surface area contributed by atoms with E-state index < -0.39 is 11.7 Å². The summed E-state index contributed by atoms with van der Waals surface area (Å²) in [6.07, 6.45) is -4.50. The second-order valence-electron chi connectivity index (χ2n) is 4.16. The van der Waals surface area contributed by atoms with E-state index >= 15 is 0 Å². The molecule has 0 unspecified atom stereocenters. The Hall–Kier alpha value is -2.21. The molecule has 3 nitrogen and oxygen atoms in total. The highest BCUT2D eigenvalue weighted by Crippen LogP contribution is 2.35. The van der Waals surface area contributed by atoms with Crippen LogP contribution in [0.3, 0.4) is 0 Å². The summed E-state index contributed by atoms with van der Waals surface area (Å²) in [5.74, 6) is 0.256. The van der Waals surface area contributed by atoms with Crippen LogP contribution in [0, 0.1) is 0 Å². The zero-order chi connectivity index (χ0) is 14.8. The number of alkyl halides is 3. The molecule has 106 valence electrons. The Morgan fingerprint density at radius 2 is 1.80 bits per heavy atom. The third kappa shape index (κ3) is 3.21. The lowest BCUT2D eigenvalue weighted by atomic mass is 10.1. The van der Waals surface area contributed by atoms with Crippen LogP contribution in [0.25, 0.3) is 0 Å². The van der Waals surface area contributed by atoms with Gasteiger partial charge in [0.15, 0.2) is 0 Å². The van der Waals surface area contributed by atoms with Crippen molar-refractivity contribution < 1.29 is 23.0 Å². The molecule has 20 heavy (non-hydrogen) atoms. The van der Waals surface area contributed by atoms with Crippen molar-refractivity contribution in [1.29, 1.82) is 0 Å². The minimum absolute atomic E-state index is 0.0294. The first-order valence-corrected chi connectivity index (χ1v) is 5.74. The first-order valence-electron chi connectivity index (χ1n) is 5.74. The lowest BCUT2D eigenvalue weighted by molar-refractivity contribution is -0.137. The lowest BCUT2D eigenvalue weighted by Crippen LogP contribution is -2.06. The minimum Gasteiger partial charge on any atom is -0.457 e. The fraction of sp³-hybridized carbons (Fsp3) is 0.143. The first kappa shape index (κ1) is 14.2. The number of halogens is 3. The third-order valence-electron chi connectivity index (χ3n) is 2.63. The molecular formula is C14H12F3NO2. The molecule has 3 N–H and O–H groups in total. The number of aliphatic hydroxyl groups is 1. The molecule has 0 saturated carbocycles. The van der Waals surface area contributed by atoms with E-state index in [0.717, 1.165) is 12.1 Å². The van der Waals surface area contributed by atoms with Crippen LogP contribution >= 0.6 is 0 Å². The Kier molecular flexibility index (Phi) is 3.85. The highest BCUT2D eigenvalue weighted by Gasteiger charge is 2.31. The van der Waals surface area contributed by atoms with E-state index in [2.05, 4.69) is 0 Å². The average molecular weight is 283 g/mol. The van der Waals surface area contributed by atoms with E-state index in [1.165, 1.54) is 6.07 Å². The van der Waals surface area contributed by atoms with E-state index in [4.69, 9.17) is 15.6 Å². The summed E-state index contributed by atoms with van der Waals surface area (Å²) in [4.78, 5) is 0. The Bertz CT molecular complexity index is 612. The van der Waals surface area contributed by atoms with Gasteiger partial charge in [-0.25, -0.2) is 0 Å². The summed E-state index contributed by atoms with van der Waals surface area (Å²) < 4.78 is 43.4. The molecule has 0 aromatic heterocycles. The Morgan fingerprint density at radius 1 is 1.10 bits per heavy atom. The molecule has 0 aliphatic carbocycles.